The van der Waals surface area contributed by atoms with Crippen LogP contribution >= 0.6 is 0 Å². The van der Waals surface area contributed by atoms with E-state index in [0.717, 1.165) is 0 Å². The van der Waals surface area contributed by atoms with Gasteiger partial charge in [0.25, 0.3) is 0 Å². The first kappa shape index (κ1) is 37.6. The Labute approximate surface area is 146 Å². The maximum Gasteiger partial charge on any atom is 0 e. The van der Waals surface area contributed by atoms with E-state index < -0.39 is 30.5 Å². The smallest absolute Gasteiger partial charge is 0 e. The fourth-order valence-corrected chi connectivity index (χ4v) is 0. The summed E-state index contributed by atoms with van der Waals surface area (Å²) >= 11 is 0. The Kier molecular flexibility index (Phi) is 58.1. The fraction of sp³-hybridized carbons (Fsp3) is 1.00. The van der Waals surface area contributed by atoms with Crippen molar-refractivity contribution in [2.45, 2.75) is 99.8 Å². The topological polar surface area (TPSA) is 115 Å². The molecule has 0 saturated heterocycles. The molecule has 0 atom stereocenters. The van der Waals surface area contributed by atoms with Crippen LogP contribution in [0.2, 0.25) is 0 Å². The molecule has 0 aliphatic rings. The van der Waals surface area contributed by atoms with Gasteiger partial charge in [0.2, 0.25) is 0 Å². The van der Waals surface area contributed by atoms with E-state index in [-0.39, 0.29) is 21.1 Å². The van der Waals surface area contributed by atoms with E-state index in [1.807, 2.05) is 0 Å². The van der Waals surface area contributed by atoms with Gasteiger partial charge in [-0.3, -0.25) is 0 Å². The van der Waals surface area contributed by atoms with Crippen molar-refractivity contribution in [1.82, 2.24) is 0 Å². The first-order chi connectivity index (χ1) is 8.66. The monoisotopic (exact) mass is 393 g/mol. The second-order valence-corrected chi connectivity index (χ2v) is 5.24. The van der Waals surface area contributed by atoms with Crippen LogP contribution in [-0.2, 0) is 21.1 Å². The second kappa shape index (κ2) is 32.4. The van der Waals surface area contributed by atoms with E-state index in [2.05, 4.69) is 0 Å². The van der Waals surface area contributed by atoms with Crippen molar-refractivity contribution in [2.75, 3.05) is 0 Å². The molecule has 5 nitrogen and oxygen atoms in total. The Bertz CT molecular complexity index is 80.6. The maximum absolute atomic E-state index is 9.53. The fourth-order valence-electron chi connectivity index (χ4n) is 0. The quantitative estimate of drug-likeness (QED) is 0.480. The Balaban J connectivity index is -0.0000000331. The van der Waals surface area contributed by atoms with E-state index in [1.165, 1.54) is 0 Å². The van der Waals surface area contributed by atoms with Gasteiger partial charge >= 0.3 is 0 Å². The minimum absolute atomic E-state index is 0. The van der Waals surface area contributed by atoms with Gasteiger partial charge in [0.1, 0.15) is 0 Å². The molecule has 21 heavy (non-hydrogen) atoms. The maximum atomic E-state index is 9.53. The van der Waals surface area contributed by atoms with Gasteiger partial charge in [-0.25, -0.2) is 0 Å². The zero-order valence-corrected chi connectivity index (χ0v) is 17.3. The van der Waals surface area contributed by atoms with Crippen LogP contribution in [0.25, 0.3) is 0 Å². The van der Waals surface area contributed by atoms with Gasteiger partial charge in [-0.05, 0) is 0 Å². The van der Waals surface area contributed by atoms with Crippen molar-refractivity contribution in [3.63, 3.8) is 0 Å². The molecule has 0 radical (unpaired) electrons. The van der Waals surface area contributed by atoms with Crippen molar-refractivity contribution < 1.29 is 46.6 Å². The summed E-state index contributed by atoms with van der Waals surface area (Å²) in [6, 6.07) is 0. The molecule has 6 heteroatoms. The van der Waals surface area contributed by atoms with Gasteiger partial charge in [0.15, 0.2) is 0 Å². The summed E-state index contributed by atoms with van der Waals surface area (Å²) < 4.78 is 0. The average Bonchev–Trinajstić information content (AvgIpc) is 1.94. The molecule has 0 aliphatic heterocycles. The first-order valence-electron chi connectivity index (χ1n) is 6.95. The summed E-state index contributed by atoms with van der Waals surface area (Å²) in [5, 5.41) is 47.6. The van der Waals surface area contributed by atoms with E-state index >= 15 is 0 Å². The molecule has 136 valence electrons. The predicted molar refractivity (Wildman–Crippen MR) is 75.7 cm³/mol. The van der Waals surface area contributed by atoms with Crippen LogP contribution in [0.4, 0.5) is 0 Å². The summed E-state index contributed by atoms with van der Waals surface area (Å²) in [5.41, 5.74) is 0. The third-order valence-electron chi connectivity index (χ3n) is 0. The number of rotatable bonds is 0. The van der Waals surface area contributed by atoms with E-state index in [9.17, 15) is 25.5 Å². The van der Waals surface area contributed by atoms with Crippen LogP contribution in [0.1, 0.15) is 69.2 Å². The zero-order chi connectivity index (χ0) is 17.9. The Morgan fingerprint density at radius 2 is 0.333 bits per heavy atom. The van der Waals surface area contributed by atoms with Crippen molar-refractivity contribution in [2.24, 2.45) is 0 Å². The van der Waals surface area contributed by atoms with Gasteiger partial charge in [-0.1, -0.05) is 69.2 Å². The van der Waals surface area contributed by atoms with Crippen molar-refractivity contribution >= 4 is 0 Å². The largest absolute Gasteiger partial charge is 0.852 e. The van der Waals surface area contributed by atoms with Crippen LogP contribution in [0.15, 0.2) is 0 Å². The SMILES string of the molecule is CC(C)[O-].CC(C)[O-].CC(C)[O-].CC(C)[O-].CC(C)[O-].[Mo]. The molecule has 0 aromatic carbocycles. The molecular formula is C15H35MoO5-5. The molecule has 0 N–H and O–H groups in total. The summed E-state index contributed by atoms with van der Waals surface area (Å²) in [5.74, 6) is 0. The van der Waals surface area contributed by atoms with Crippen LogP contribution in [-0.4, -0.2) is 30.5 Å². The summed E-state index contributed by atoms with van der Waals surface area (Å²) in [6.45, 7) is 16.1. The van der Waals surface area contributed by atoms with Gasteiger partial charge < -0.3 is 25.5 Å². The van der Waals surface area contributed by atoms with E-state index in [4.69, 9.17) is 0 Å². The Morgan fingerprint density at radius 1 is 0.333 bits per heavy atom. The molecule has 0 rings (SSSR count). The molecular weight excluding hydrogens is 356 g/mol. The van der Waals surface area contributed by atoms with Gasteiger partial charge in [-0.15, -0.1) is 30.5 Å². The normalized spacial score (nSPS) is 8.57. The minimum atomic E-state index is -0.417. The van der Waals surface area contributed by atoms with E-state index in [1.54, 1.807) is 69.2 Å². The molecule has 0 aromatic heterocycles. The molecule has 0 amide bonds. The number of hydrogen-bond acceptors (Lipinski definition) is 5. The van der Waals surface area contributed by atoms with Gasteiger partial charge in [0, 0.05) is 21.1 Å². The Morgan fingerprint density at radius 3 is 0.333 bits per heavy atom. The van der Waals surface area contributed by atoms with Gasteiger partial charge in [-0.2, -0.15) is 0 Å². The molecule has 0 fully saturated rings. The van der Waals surface area contributed by atoms with Crippen LogP contribution in [0.5, 0.6) is 0 Å². The minimum Gasteiger partial charge on any atom is -0.852 e. The standard InChI is InChI=1S/5C3H7O.Mo/c5*1-3(2)4;/h5*3H,1-2H3;/q5*-1;. The first-order valence-corrected chi connectivity index (χ1v) is 6.95. The zero-order valence-electron chi connectivity index (χ0n) is 15.3. The van der Waals surface area contributed by atoms with Crippen molar-refractivity contribution in [1.29, 1.82) is 0 Å². The molecule has 0 aliphatic carbocycles. The van der Waals surface area contributed by atoms with E-state index in [0.29, 0.717) is 0 Å². The number of hydrogen-bond donors (Lipinski definition) is 0. The Hall–Kier alpha value is 0.488. The average molecular weight is 391 g/mol. The molecule has 0 saturated carbocycles. The third kappa shape index (κ3) is 29400. The molecule has 0 spiro atoms. The van der Waals surface area contributed by atoms with Crippen LogP contribution < -0.4 is 25.5 Å². The van der Waals surface area contributed by atoms with Crippen molar-refractivity contribution in [3.05, 3.63) is 0 Å². The molecule has 0 unspecified atom stereocenters. The summed E-state index contributed by atoms with van der Waals surface area (Å²) in [7, 11) is 0. The molecule has 0 aromatic rings. The third-order valence-corrected chi connectivity index (χ3v) is 0. The van der Waals surface area contributed by atoms with Gasteiger partial charge in [0.05, 0.1) is 0 Å². The molecule has 0 bridgehead atoms. The predicted octanol–water partition coefficient (Wildman–Crippen LogP) is -1.23. The van der Waals surface area contributed by atoms with Crippen LogP contribution in [0.3, 0.4) is 0 Å². The summed E-state index contributed by atoms with van der Waals surface area (Å²) in [4.78, 5) is 0. The van der Waals surface area contributed by atoms with Crippen LogP contribution in [0, 0.1) is 0 Å². The van der Waals surface area contributed by atoms with Crippen molar-refractivity contribution in [3.8, 4) is 0 Å². The molecule has 0 heterocycles. The second-order valence-electron chi connectivity index (χ2n) is 5.24. The summed E-state index contributed by atoms with van der Waals surface area (Å²) in [6.07, 6.45) is -2.08.